The minimum atomic E-state index is -0.359. The molecule has 3 N–H and O–H groups in total. The lowest BCUT2D eigenvalue weighted by Crippen LogP contribution is -2.49. The molecule has 126 valence electrons. The fourth-order valence-electron chi connectivity index (χ4n) is 2.05. The third-order valence-electron chi connectivity index (χ3n) is 3.90. The zero-order valence-corrected chi connectivity index (χ0v) is 15.7. The van der Waals surface area contributed by atoms with Crippen molar-refractivity contribution in [2.75, 3.05) is 6.54 Å². The number of nitrogens with one attached hydrogen (secondary N) is 1. The molecule has 7 heteroatoms. The minimum absolute atomic E-state index is 0. The Morgan fingerprint density at radius 2 is 2.04 bits per heavy atom. The lowest BCUT2D eigenvalue weighted by Gasteiger charge is -2.26. The van der Waals surface area contributed by atoms with Crippen LogP contribution in [0.3, 0.4) is 0 Å². The Balaban J connectivity index is 0.00000264. The molecule has 2 rings (SSSR count). The molecule has 1 amide bonds. The van der Waals surface area contributed by atoms with Crippen LogP contribution < -0.4 is 11.1 Å². The van der Waals surface area contributed by atoms with Gasteiger partial charge in [0.15, 0.2) is 5.69 Å². The maximum atomic E-state index is 12.2. The monoisotopic (exact) mass is 400 g/mol. The highest BCUT2D eigenvalue weighted by molar-refractivity contribution is 9.10. The molecule has 1 aromatic carbocycles. The molecule has 0 aliphatic heterocycles. The molecule has 0 radical (unpaired) electrons. The predicted octanol–water partition coefficient (Wildman–Crippen LogP) is 3.30. The van der Waals surface area contributed by atoms with Crippen LogP contribution in [0.25, 0.3) is 5.69 Å². The Hall–Kier alpha value is -1.37. The van der Waals surface area contributed by atoms with Crippen molar-refractivity contribution in [1.29, 1.82) is 0 Å². The Kier molecular flexibility index (Phi) is 7.25. The third kappa shape index (κ3) is 5.06. The molecule has 1 aromatic heterocycles. The van der Waals surface area contributed by atoms with Crippen molar-refractivity contribution in [3.63, 3.8) is 0 Å². The van der Waals surface area contributed by atoms with E-state index in [0.29, 0.717) is 12.2 Å². The quantitative estimate of drug-likeness (QED) is 0.780. The number of hydrogen-bond acceptors (Lipinski definition) is 3. The maximum Gasteiger partial charge on any atom is 0.271 e. The average molecular weight is 402 g/mol. The molecule has 0 fully saturated rings. The van der Waals surface area contributed by atoms with E-state index in [4.69, 9.17) is 5.73 Å². The van der Waals surface area contributed by atoms with Crippen LogP contribution in [-0.4, -0.2) is 27.8 Å². The summed E-state index contributed by atoms with van der Waals surface area (Å²) in [5, 5.41) is 7.19. The van der Waals surface area contributed by atoms with Crippen molar-refractivity contribution >= 4 is 34.2 Å². The van der Waals surface area contributed by atoms with E-state index in [0.717, 1.165) is 23.0 Å². The first kappa shape index (κ1) is 19.7. The molecule has 0 saturated carbocycles. The van der Waals surface area contributed by atoms with E-state index in [2.05, 4.69) is 26.3 Å². The van der Waals surface area contributed by atoms with E-state index in [-0.39, 0.29) is 23.9 Å². The lowest BCUT2D eigenvalue weighted by molar-refractivity contribution is 0.0936. The second kappa shape index (κ2) is 8.47. The normalized spacial score (nSPS) is 11.0. The molecule has 0 aliphatic rings. The Labute approximate surface area is 151 Å². The van der Waals surface area contributed by atoms with Crippen molar-refractivity contribution in [2.24, 2.45) is 5.73 Å². The molecule has 5 nitrogen and oxygen atoms in total. The summed E-state index contributed by atoms with van der Waals surface area (Å²) in [4.78, 5) is 12.2. The first-order chi connectivity index (χ1) is 10.5. The van der Waals surface area contributed by atoms with E-state index in [1.54, 1.807) is 16.9 Å². The van der Waals surface area contributed by atoms with Crippen LogP contribution in [0.2, 0.25) is 0 Å². The number of nitrogens with zero attached hydrogens (tertiary/aromatic N) is 2. The number of rotatable bonds is 6. The number of aromatic nitrogens is 2. The Bertz CT molecular complexity index is 655. The number of carbonyl (C=O) groups is 1. The van der Waals surface area contributed by atoms with Gasteiger partial charge in [0.2, 0.25) is 0 Å². The fraction of sp³-hybridized carbons (Fsp3) is 0.375. The molecule has 0 atom stereocenters. The Morgan fingerprint density at radius 1 is 1.35 bits per heavy atom. The first-order valence-corrected chi connectivity index (χ1v) is 8.15. The van der Waals surface area contributed by atoms with Gasteiger partial charge in [-0.3, -0.25) is 4.79 Å². The van der Waals surface area contributed by atoms with Crippen molar-refractivity contribution in [3.05, 3.63) is 46.7 Å². The van der Waals surface area contributed by atoms with Crippen LogP contribution in [0.4, 0.5) is 0 Å². The molecule has 0 unspecified atom stereocenters. The van der Waals surface area contributed by atoms with Crippen molar-refractivity contribution in [1.82, 2.24) is 15.1 Å². The summed E-state index contributed by atoms with van der Waals surface area (Å²) in [6, 6.07) is 9.43. The van der Waals surface area contributed by atoms with Gasteiger partial charge in [0.25, 0.3) is 5.91 Å². The summed E-state index contributed by atoms with van der Waals surface area (Å²) in [6.45, 7) is 4.50. The van der Waals surface area contributed by atoms with Crippen LogP contribution in [0.15, 0.2) is 41.0 Å². The van der Waals surface area contributed by atoms with Gasteiger partial charge in [0, 0.05) is 22.8 Å². The molecule has 0 aliphatic carbocycles. The van der Waals surface area contributed by atoms with E-state index in [1.165, 1.54) is 0 Å². The van der Waals surface area contributed by atoms with Gasteiger partial charge in [-0.05, 0) is 37.1 Å². The predicted molar refractivity (Wildman–Crippen MR) is 98.3 cm³/mol. The number of amides is 1. The zero-order chi connectivity index (χ0) is 16.2. The maximum absolute atomic E-state index is 12.2. The van der Waals surface area contributed by atoms with Gasteiger partial charge in [-0.25, -0.2) is 4.68 Å². The summed E-state index contributed by atoms with van der Waals surface area (Å²) in [5.74, 6) is -0.203. The molecule has 23 heavy (non-hydrogen) atoms. The number of halogens is 2. The van der Waals surface area contributed by atoms with E-state index in [9.17, 15) is 4.79 Å². The van der Waals surface area contributed by atoms with E-state index < -0.39 is 0 Å². The Morgan fingerprint density at radius 3 is 2.65 bits per heavy atom. The van der Waals surface area contributed by atoms with Gasteiger partial charge in [0.05, 0.1) is 5.69 Å². The van der Waals surface area contributed by atoms with Crippen molar-refractivity contribution in [3.8, 4) is 5.69 Å². The van der Waals surface area contributed by atoms with Crippen LogP contribution >= 0.6 is 28.3 Å². The topological polar surface area (TPSA) is 72.9 Å². The van der Waals surface area contributed by atoms with Crippen molar-refractivity contribution < 1.29 is 4.79 Å². The van der Waals surface area contributed by atoms with Gasteiger partial charge in [-0.1, -0.05) is 35.8 Å². The average Bonchev–Trinajstić information content (AvgIpc) is 3.02. The molecule has 0 spiro atoms. The number of benzene rings is 1. The SMILES string of the molecule is CCC(N)(CC)CNC(=O)c1ccn(-c2cccc(Br)c2)n1.Cl. The summed E-state index contributed by atoms with van der Waals surface area (Å²) in [7, 11) is 0. The zero-order valence-electron chi connectivity index (χ0n) is 13.3. The standard InChI is InChI=1S/C16H21BrN4O.ClH/c1-3-16(18,4-2)11-19-15(22)14-8-9-21(20-14)13-7-5-6-12(17)10-13;/h5-10H,3-4,11,18H2,1-2H3,(H,19,22);1H. The van der Waals surface area contributed by atoms with Gasteiger partial charge in [-0.15, -0.1) is 12.4 Å². The van der Waals surface area contributed by atoms with E-state index in [1.807, 2.05) is 38.1 Å². The summed E-state index contributed by atoms with van der Waals surface area (Å²) < 4.78 is 2.64. The fourth-order valence-corrected chi connectivity index (χ4v) is 2.44. The highest BCUT2D eigenvalue weighted by Gasteiger charge is 2.21. The summed E-state index contributed by atoms with van der Waals surface area (Å²) in [6.07, 6.45) is 3.40. The summed E-state index contributed by atoms with van der Waals surface area (Å²) in [5.41, 5.74) is 7.11. The molecule has 1 heterocycles. The number of carbonyl (C=O) groups excluding carboxylic acids is 1. The van der Waals surface area contributed by atoms with E-state index >= 15 is 0 Å². The van der Waals surface area contributed by atoms with Crippen LogP contribution in [0.1, 0.15) is 37.2 Å². The molecule has 0 saturated heterocycles. The van der Waals surface area contributed by atoms with Gasteiger partial charge >= 0.3 is 0 Å². The molecular weight excluding hydrogens is 380 g/mol. The first-order valence-electron chi connectivity index (χ1n) is 7.36. The molecular formula is C16H22BrClN4O. The van der Waals surface area contributed by atoms with Crippen LogP contribution in [-0.2, 0) is 0 Å². The summed E-state index contributed by atoms with van der Waals surface area (Å²) >= 11 is 3.42. The molecule has 2 aromatic rings. The highest BCUT2D eigenvalue weighted by Crippen LogP contribution is 2.15. The smallest absolute Gasteiger partial charge is 0.271 e. The van der Waals surface area contributed by atoms with Gasteiger partial charge in [-0.2, -0.15) is 5.10 Å². The number of hydrogen-bond donors (Lipinski definition) is 2. The lowest BCUT2D eigenvalue weighted by atomic mass is 9.94. The molecule has 0 bridgehead atoms. The van der Waals surface area contributed by atoms with Crippen LogP contribution in [0, 0.1) is 0 Å². The number of nitrogens with two attached hydrogens (primary N) is 1. The van der Waals surface area contributed by atoms with Gasteiger partial charge < -0.3 is 11.1 Å². The van der Waals surface area contributed by atoms with Gasteiger partial charge in [0.1, 0.15) is 0 Å². The third-order valence-corrected chi connectivity index (χ3v) is 4.40. The second-order valence-corrected chi connectivity index (χ2v) is 6.29. The largest absolute Gasteiger partial charge is 0.349 e. The van der Waals surface area contributed by atoms with Crippen LogP contribution in [0.5, 0.6) is 0 Å². The second-order valence-electron chi connectivity index (χ2n) is 5.38. The highest BCUT2D eigenvalue weighted by atomic mass is 79.9. The van der Waals surface area contributed by atoms with Crippen molar-refractivity contribution in [2.45, 2.75) is 32.2 Å². The minimum Gasteiger partial charge on any atom is -0.349 e.